The van der Waals surface area contributed by atoms with Crippen molar-refractivity contribution in [2.75, 3.05) is 13.2 Å². The lowest BCUT2D eigenvalue weighted by Crippen LogP contribution is -2.42. The fraction of sp³-hybridized carbons (Fsp3) is 0.480. The summed E-state index contributed by atoms with van der Waals surface area (Å²) in [6, 6.07) is 14.2. The lowest BCUT2D eigenvalue weighted by Gasteiger charge is -2.32. The summed E-state index contributed by atoms with van der Waals surface area (Å²) in [5.41, 5.74) is 2.84. The van der Waals surface area contributed by atoms with Crippen molar-refractivity contribution in [3.63, 3.8) is 0 Å². The molecule has 2 N–H and O–H groups in total. The zero-order chi connectivity index (χ0) is 21.6. The Bertz CT molecular complexity index is 880. The second-order valence-corrected chi connectivity index (χ2v) is 9.66. The minimum absolute atomic E-state index is 0.0392. The first-order valence-electron chi connectivity index (χ1n) is 11.2. The van der Waals surface area contributed by atoms with Crippen molar-refractivity contribution in [3.05, 3.63) is 63.6 Å². The Kier molecular flexibility index (Phi) is 7.76. The minimum Gasteiger partial charge on any atom is -0.484 e. The van der Waals surface area contributed by atoms with Crippen molar-refractivity contribution in [1.82, 2.24) is 10.6 Å². The maximum atomic E-state index is 12.2. The third-order valence-electron chi connectivity index (χ3n) is 6.49. The summed E-state index contributed by atoms with van der Waals surface area (Å²) in [6.07, 6.45) is 7.72. The average Bonchev–Trinajstić information content (AvgIpc) is 2.78. The number of nitrogens with one attached hydrogen (secondary N) is 2. The molecule has 2 aliphatic carbocycles. The summed E-state index contributed by atoms with van der Waals surface area (Å²) >= 11 is 12.0. The predicted molar refractivity (Wildman–Crippen MR) is 126 cm³/mol. The highest BCUT2D eigenvalue weighted by Gasteiger charge is 2.24. The number of halogens is 2. The van der Waals surface area contributed by atoms with Crippen molar-refractivity contribution in [3.8, 4) is 5.75 Å². The van der Waals surface area contributed by atoms with Crippen LogP contribution in [0, 0.1) is 5.92 Å². The van der Waals surface area contributed by atoms with Crippen molar-refractivity contribution in [1.29, 1.82) is 0 Å². The van der Waals surface area contributed by atoms with Crippen LogP contribution < -0.4 is 15.4 Å². The smallest absolute Gasteiger partial charge is 0.258 e. The van der Waals surface area contributed by atoms with Gasteiger partial charge in [0.25, 0.3) is 5.91 Å². The molecular formula is C25H30Cl2N2O2. The third-order valence-corrected chi connectivity index (χ3v) is 6.97. The van der Waals surface area contributed by atoms with Crippen LogP contribution in [0.25, 0.3) is 0 Å². The first kappa shape index (κ1) is 22.4. The Balaban J connectivity index is 1.13. The zero-order valence-corrected chi connectivity index (χ0v) is 19.2. The Labute approximate surface area is 194 Å². The molecule has 0 spiro atoms. The van der Waals surface area contributed by atoms with E-state index in [1.165, 1.54) is 17.5 Å². The van der Waals surface area contributed by atoms with E-state index < -0.39 is 0 Å². The first-order chi connectivity index (χ1) is 15.0. The van der Waals surface area contributed by atoms with E-state index >= 15 is 0 Å². The van der Waals surface area contributed by atoms with Gasteiger partial charge in [-0.15, -0.1) is 0 Å². The van der Waals surface area contributed by atoms with Crippen molar-refractivity contribution >= 4 is 29.1 Å². The lowest BCUT2D eigenvalue weighted by molar-refractivity contribution is -0.124. The van der Waals surface area contributed by atoms with Gasteiger partial charge in [0.1, 0.15) is 5.75 Å². The number of hydrogen-bond donors (Lipinski definition) is 2. The molecule has 1 atom stereocenters. The number of carbonyl (C=O) groups excluding carboxylic acids is 1. The Morgan fingerprint density at radius 1 is 0.903 bits per heavy atom. The van der Waals surface area contributed by atoms with Gasteiger partial charge in [0.05, 0.1) is 0 Å². The summed E-state index contributed by atoms with van der Waals surface area (Å²) in [4.78, 5) is 12.2. The van der Waals surface area contributed by atoms with Gasteiger partial charge in [-0.1, -0.05) is 29.3 Å². The molecule has 6 heteroatoms. The Morgan fingerprint density at radius 2 is 1.65 bits per heavy atom. The molecule has 1 saturated carbocycles. The SMILES string of the molecule is O=C(COc1ccc(Cl)cc1)N[C@H]1CC[C@H](CNC2CCc3cc(Cl)ccc3C2)CC1. The molecule has 0 radical (unpaired) electrons. The second kappa shape index (κ2) is 10.7. The van der Waals surface area contributed by atoms with Gasteiger partial charge in [-0.3, -0.25) is 4.79 Å². The van der Waals surface area contributed by atoms with Crippen molar-refractivity contribution in [2.24, 2.45) is 5.92 Å². The number of rotatable bonds is 7. The van der Waals surface area contributed by atoms with Gasteiger partial charge in [-0.25, -0.2) is 0 Å². The van der Waals surface area contributed by atoms with Crippen LogP contribution in [0.4, 0.5) is 0 Å². The molecule has 1 fully saturated rings. The number of benzene rings is 2. The van der Waals surface area contributed by atoms with Crippen LogP contribution >= 0.6 is 23.2 Å². The van der Waals surface area contributed by atoms with Crippen LogP contribution in [0.2, 0.25) is 10.0 Å². The zero-order valence-electron chi connectivity index (χ0n) is 17.7. The third kappa shape index (κ3) is 6.61. The molecule has 0 aromatic heterocycles. The van der Waals surface area contributed by atoms with E-state index in [1.54, 1.807) is 24.3 Å². The number of fused-ring (bicyclic) bond motifs is 1. The van der Waals surface area contributed by atoms with Gasteiger partial charge in [0.2, 0.25) is 0 Å². The average molecular weight is 461 g/mol. The number of amides is 1. The molecule has 0 bridgehead atoms. The molecule has 1 amide bonds. The standard InChI is InChI=1S/C25H30Cl2N2O2/c26-20-6-11-24(12-7-20)31-16-25(30)29-22-8-1-17(2-9-22)15-28-23-10-4-18-13-21(27)5-3-19(18)14-23/h3,5-7,11-13,17,22-23,28H,1-2,4,8-10,14-16H2,(H,29,30)/t17-,22-,23?. The first-order valence-corrected chi connectivity index (χ1v) is 12.0. The summed E-state index contributed by atoms with van der Waals surface area (Å²) in [5.74, 6) is 1.28. The maximum Gasteiger partial charge on any atom is 0.258 e. The fourth-order valence-electron chi connectivity index (χ4n) is 4.69. The number of carbonyl (C=O) groups is 1. The largest absolute Gasteiger partial charge is 0.484 e. The molecule has 166 valence electrons. The summed E-state index contributed by atoms with van der Waals surface area (Å²) < 4.78 is 5.53. The van der Waals surface area contributed by atoms with Crippen LogP contribution in [-0.4, -0.2) is 31.1 Å². The molecule has 4 rings (SSSR count). The van der Waals surface area contributed by atoms with Crippen LogP contribution in [0.5, 0.6) is 5.75 Å². The van der Waals surface area contributed by atoms with Gasteiger partial charge in [0.15, 0.2) is 6.61 Å². The summed E-state index contributed by atoms with van der Waals surface area (Å²) in [5, 5.41) is 8.41. The molecule has 0 heterocycles. The van der Waals surface area contributed by atoms with E-state index in [1.807, 2.05) is 6.07 Å². The van der Waals surface area contributed by atoms with Gasteiger partial charge < -0.3 is 15.4 Å². The van der Waals surface area contributed by atoms with E-state index in [0.717, 1.165) is 50.1 Å². The molecule has 4 nitrogen and oxygen atoms in total. The monoisotopic (exact) mass is 460 g/mol. The van der Waals surface area contributed by atoms with Gasteiger partial charge >= 0.3 is 0 Å². The van der Waals surface area contributed by atoms with E-state index in [4.69, 9.17) is 27.9 Å². The highest BCUT2D eigenvalue weighted by atomic mass is 35.5. The maximum absolute atomic E-state index is 12.2. The number of ether oxygens (including phenoxy) is 1. The van der Waals surface area contributed by atoms with Crippen molar-refractivity contribution < 1.29 is 9.53 Å². The molecule has 2 aromatic rings. The van der Waals surface area contributed by atoms with Crippen LogP contribution in [-0.2, 0) is 17.6 Å². The molecule has 0 aliphatic heterocycles. The second-order valence-electron chi connectivity index (χ2n) is 8.79. The van der Waals surface area contributed by atoms with E-state index in [-0.39, 0.29) is 18.6 Å². The van der Waals surface area contributed by atoms with Gasteiger partial charge in [-0.05, 0) is 105 Å². The van der Waals surface area contributed by atoms with Crippen LogP contribution in [0.3, 0.4) is 0 Å². The summed E-state index contributed by atoms with van der Waals surface area (Å²) in [6.45, 7) is 1.10. The predicted octanol–water partition coefficient (Wildman–Crippen LogP) is 5.19. The minimum atomic E-state index is -0.0579. The van der Waals surface area contributed by atoms with E-state index in [0.29, 0.717) is 22.7 Å². The molecule has 0 saturated heterocycles. The number of aryl methyl sites for hydroxylation is 1. The molecule has 2 aliphatic rings. The lowest BCUT2D eigenvalue weighted by atomic mass is 9.84. The molecule has 1 unspecified atom stereocenters. The van der Waals surface area contributed by atoms with Gasteiger partial charge in [0, 0.05) is 22.1 Å². The summed E-state index contributed by atoms with van der Waals surface area (Å²) in [7, 11) is 0. The molecule has 2 aromatic carbocycles. The normalized spacial score (nSPS) is 23.1. The Hall–Kier alpha value is -1.75. The highest BCUT2D eigenvalue weighted by molar-refractivity contribution is 6.30. The van der Waals surface area contributed by atoms with E-state index in [2.05, 4.69) is 22.8 Å². The molecular weight excluding hydrogens is 431 g/mol. The van der Waals surface area contributed by atoms with Crippen LogP contribution in [0.15, 0.2) is 42.5 Å². The van der Waals surface area contributed by atoms with Gasteiger partial charge in [-0.2, -0.15) is 0 Å². The number of hydrogen-bond acceptors (Lipinski definition) is 3. The van der Waals surface area contributed by atoms with Crippen molar-refractivity contribution in [2.45, 2.75) is 57.0 Å². The highest BCUT2D eigenvalue weighted by Crippen LogP contribution is 2.27. The Morgan fingerprint density at radius 3 is 2.42 bits per heavy atom. The van der Waals surface area contributed by atoms with Crippen LogP contribution in [0.1, 0.15) is 43.2 Å². The molecule has 31 heavy (non-hydrogen) atoms. The fourth-order valence-corrected chi connectivity index (χ4v) is 5.01. The van der Waals surface area contributed by atoms with E-state index in [9.17, 15) is 4.79 Å². The quantitative estimate of drug-likeness (QED) is 0.597. The topological polar surface area (TPSA) is 50.4 Å².